The summed E-state index contributed by atoms with van der Waals surface area (Å²) in [5.41, 5.74) is -0.263. The van der Waals surface area contributed by atoms with Gasteiger partial charge in [0.1, 0.15) is 11.6 Å². The molecular formula is C17H19ClFN3O2. The molecule has 0 aliphatic carbocycles. The van der Waals surface area contributed by atoms with Crippen molar-refractivity contribution in [3.63, 3.8) is 0 Å². The van der Waals surface area contributed by atoms with Crippen LogP contribution in [0.2, 0.25) is 5.02 Å². The Balaban J connectivity index is 2.11. The number of benzene rings is 1. The third kappa shape index (κ3) is 3.24. The zero-order chi connectivity index (χ0) is 17.3. The second-order valence-electron chi connectivity index (χ2n) is 6.05. The van der Waals surface area contributed by atoms with Gasteiger partial charge in [-0.1, -0.05) is 11.6 Å². The summed E-state index contributed by atoms with van der Waals surface area (Å²) in [6, 6.07) is 5.54. The summed E-state index contributed by atoms with van der Waals surface area (Å²) < 4.78 is 16.1. The van der Waals surface area contributed by atoms with Gasteiger partial charge in [-0.15, -0.1) is 0 Å². The Morgan fingerprint density at radius 1 is 1.12 bits per heavy atom. The van der Waals surface area contributed by atoms with Gasteiger partial charge in [0, 0.05) is 31.2 Å². The highest BCUT2D eigenvalue weighted by Gasteiger charge is 2.18. The summed E-state index contributed by atoms with van der Waals surface area (Å²) in [4.78, 5) is 26.7. The van der Waals surface area contributed by atoms with Gasteiger partial charge < -0.3 is 4.90 Å². The van der Waals surface area contributed by atoms with Crippen LogP contribution in [0.1, 0.15) is 24.8 Å². The van der Waals surface area contributed by atoms with E-state index < -0.39 is 11.5 Å². The molecule has 1 fully saturated rings. The average molecular weight is 352 g/mol. The largest absolute Gasteiger partial charge is 0.358 e. The van der Waals surface area contributed by atoms with E-state index in [-0.39, 0.29) is 12.1 Å². The lowest BCUT2D eigenvalue weighted by molar-refractivity contribution is 0.547. The lowest BCUT2D eigenvalue weighted by Gasteiger charge is -2.31. The van der Waals surface area contributed by atoms with E-state index in [9.17, 15) is 14.0 Å². The fraction of sp³-hybridized carbons (Fsp3) is 0.412. The third-order valence-corrected chi connectivity index (χ3v) is 4.76. The molecule has 2 aromatic rings. The molecule has 0 saturated carbocycles. The van der Waals surface area contributed by atoms with Crippen molar-refractivity contribution in [1.29, 1.82) is 0 Å². The minimum absolute atomic E-state index is 0.120. The fourth-order valence-electron chi connectivity index (χ4n) is 3.03. The molecule has 0 unspecified atom stereocenters. The molecule has 1 aromatic carbocycles. The highest BCUT2D eigenvalue weighted by molar-refractivity contribution is 6.31. The molecule has 1 aliphatic rings. The van der Waals surface area contributed by atoms with Crippen LogP contribution in [0.3, 0.4) is 0 Å². The summed E-state index contributed by atoms with van der Waals surface area (Å²) in [5, 5.41) is 0.391. The molecule has 5 nitrogen and oxygen atoms in total. The molecule has 3 rings (SSSR count). The van der Waals surface area contributed by atoms with E-state index in [2.05, 4.69) is 0 Å². The van der Waals surface area contributed by atoms with Crippen molar-refractivity contribution in [2.24, 2.45) is 7.05 Å². The Kier molecular flexibility index (Phi) is 4.76. The SMILES string of the molecule is Cn1c(=O)cc(N2CCCCC2)n(Cc2cc(F)ccc2Cl)c1=O. The number of hydrogen-bond acceptors (Lipinski definition) is 3. The van der Waals surface area contributed by atoms with Crippen molar-refractivity contribution in [2.75, 3.05) is 18.0 Å². The number of piperidine rings is 1. The van der Waals surface area contributed by atoms with Crippen molar-refractivity contribution in [3.05, 3.63) is 61.5 Å². The second-order valence-corrected chi connectivity index (χ2v) is 6.46. The van der Waals surface area contributed by atoms with E-state index >= 15 is 0 Å². The number of nitrogens with zero attached hydrogens (tertiary/aromatic N) is 3. The predicted octanol–water partition coefficient (Wildman–Crippen LogP) is 2.38. The molecule has 0 atom stereocenters. The molecule has 0 radical (unpaired) electrons. The van der Waals surface area contributed by atoms with Crippen LogP contribution in [0.5, 0.6) is 0 Å². The molecular weight excluding hydrogens is 333 g/mol. The summed E-state index contributed by atoms with van der Waals surface area (Å²) in [6.45, 7) is 1.71. The molecule has 7 heteroatoms. The lowest BCUT2D eigenvalue weighted by atomic mass is 10.1. The predicted molar refractivity (Wildman–Crippen MR) is 92.5 cm³/mol. The first-order valence-electron chi connectivity index (χ1n) is 7.97. The molecule has 1 saturated heterocycles. The highest BCUT2D eigenvalue weighted by Crippen LogP contribution is 2.22. The topological polar surface area (TPSA) is 47.2 Å². The first-order valence-corrected chi connectivity index (χ1v) is 8.35. The minimum Gasteiger partial charge on any atom is -0.358 e. The molecule has 0 bridgehead atoms. The zero-order valence-electron chi connectivity index (χ0n) is 13.5. The first kappa shape index (κ1) is 16.8. The van der Waals surface area contributed by atoms with Crippen molar-refractivity contribution < 1.29 is 4.39 Å². The normalized spacial score (nSPS) is 14.9. The van der Waals surface area contributed by atoms with Gasteiger partial charge in [0.25, 0.3) is 5.56 Å². The van der Waals surface area contributed by atoms with Gasteiger partial charge in [-0.2, -0.15) is 0 Å². The average Bonchev–Trinajstić information content (AvgIpc) is 2.59. The number of rotatable bonds is 3. The Bertz CT molecular complexity index is 869. The molecule has 2 heterocycles. The summed E-state index contributed by atoms with van der Waals surface area (Å²) >= 11 is 6.14. The number of anilines is 1. The van der Waals surface area contributed by atoms with Crippen LogP contribution in [0.25, 0.3) is 0 Å². The lowest BCUT2D eigenvalue weighted by Crippen LogP contribution is -2.43. The Morgan fingerprint density at radius 2 is 1.83 bits per heavy atom. The fourth-order valence-corrected chi connectivity index (χ4v) is 3.20. The van der Waals surface area contributed by atoms with Gasteiger partial charge in [0.05, 0.1) is 6.54 Å². The van der Waals surface area contributed by atoms with Gasteiger partial charge in [0.2, 0.25) is 0 Å². The van der Waals surface area contributed by atoms with Gasteiger partial charge in [0.15, 0.2) is 0 Å². The van der Waals surface area contributed by atoms with E-state index in [1.54, 1.807) is 0 Å². The highest BCUT2D eigenvalue weighted by atomic mass is 35.5. The molecule has 0 spiro atoms. The van der Waals surface area contributed by atoms with Crippen LogP contribution in [0, 0.1) is 5.82 Å². The summed E-state index contributed by atoms with van der Waals surface area (Å²) in [7, 11) is 1.44. The van der Waals surface area contributed by atoms with Gasteiger partial charge in [-0.25, -0.2) is 9.18 Å². The van der Waals surface area contributed by atoms with Gasteiger partial charge in [-0.05, 0) is 43.0 Å². The van der Waals surface area contributed by atoms with E-state index in [0.29, 0.717) is 16.4 Å². The number of halogens is 2. The molecule has 1 aliphatic heterocycles. The second kappa shape index (κ2) is 6.81. The van der Waals surface area contributed by atoms with E-state index in [1.165, 1.54) is 35.9 Å². The van der Waals surface area contributed by atoms with Gasteiger partial charge >= 0.3 is 5.69 Å². The van der Waals surface area contributed by atoms with E-state index in [4.69, 9.17) is 11.6 Å². The Hall–Kier alpha value is -2.08. The van der Waals surface area contributed by atoms with Gasteiger partial charge in [-0.3, -0.25) is 13.9 Å². The quantitative estimate of drug-likeness (QED) is 0.853. The van der Waals surface area contributed by atoms with E-state index in [0.717, 1.165) is 36.9 Å². The van der Waals surface area contributed by atoms with E-state index in [1.807, 2.05) is 4.90 Å². The maximum Gasteiger partial charge on any atom is 0.332 e. The van der Waals surface area contributed by atoms with Crippen molar-refractivity contribution >= 4 is 17.4 Å². The van der Waals surface area contributed by atoms with Crippen molar-refractivity contribution in [2.45, 2.75) is 25.8 Å². The molecule has 24 heavy (non-hydrogen) atoms. The maximum absolute atomic E-state index is 13.5. The summed E-state index contributed by atoms with van der Waals surface area (Å²) in [6.07, 6.45) is 3.18. The van der Waals surface area contributed by atoms with Crippen LogP contribution in [0.4, 0.5) is 10.2 Å². The maximum atomic E-state index is 13.5. The first-order chi connectivity index (χ1) is 11.5. The molecule has 1 aromatic heterocycles. The smallest absolute Gasteiger partial charge is 0.332 e. The standard InChI is InChI=1S/C17H19ClFN3O2/c1-20-16(23)10-15(21-7-3-2-4-8-21)22(17(20)24)11-12-9-13(19)5-6-14(12)18/h5-6,9-10H,2-4,7-8,11H2,1H3. The molecule has 0 amide bonds. The number of hydrogen-bond donors (Lipinski definition) is 0. The molecule has 0 N–H and O–H groups in total. The van der Waals surface area contributed by atoms with Crippen LogP contribution < -0.4 is 16.1 Å². The van der Waals surface area contributed by atoms with Crippen LogP contribution in [-0.2, 0) is 13.6 Å². The minimum atomic E-state index is -0.427. The number of aromatic nitrogens is 2. The van der Waals surface area contributed by atoms with Crippen molar-refractivity contribution in [3.8, 4) is 0 Å². The van der Waals surface area contributed by atoms with Crippen LogP contribution in [0.15, 0.2) is 33.9 Å². The summed E-state index contributed by atoms with van der Waals surface area (Å²) in [5.74, 6) is 0.162. The van der Waals surface area contributed by atoms with Crippen LogP contribution in [-0.4, -0.2) is 22.2 Å². The van der Waals surface area contributed by atoms with Crippen molar-refractivity contribution in [1.82, 2.24) is 9.13 Å². The Labute approximate surface area is 143 Å². The third-order valence-electron chi connectivity index (χ3n) is 4.39. The molecule has 128 valence electrons. The van der Waals surface area contributed by atoms with Crippen LogP contribution >= 0.6 is 11.6 Å². The zero-order valence-corrected chi connectivity index (χ0v) is 14.2. The monoisotopic (exact) mass is 351 g/mol. The Morgan fingerprint density at radius 3 is 2.54 bits per heavy atom.